The first kappa shape index (κ1) is 17.6. The standard InChI is InChI=1S/C7H9N.2BrH.Cu/c1-6-4-3-5-7(2)8-6;;;/h3-5H,1-2H3;2*1H;/q;;;+2/p-2. The van der Waals surface area contributed by atoms with Gasteiger partial charge in [-0.05, 0) is 26.0 Å². The first-order chi connectivity index (χ1) is 3.79. The molecular weight excluding hydrogens is 321 g/mol. The summed E-state index contributed by atoms with van der Waals surface area (Å²) in [6.45, 7) is 3.99. The van der Waals surface area contributed by atoms with E-state index in [0.717, 1.165) is 11.4 Å². The molecule has 0 aromatic carbocycles. The number of hydrogen-bond donors (Lipinski definition) is 0. The van der Waals surface area contributed by atoms with E-state index in [1.54, 1.807) is 0 Å². The number of halogens is 2. The van der Waals surface area contributed by atoms with Gasteiger partial charge in [-0.1, -0.05) is 6.07 Å². The zero-order valence-electron chi connectivity index (χ0n) is 6.24. The van der Waals surface area contributed by atoms with Crippen LogP contribution in [-0.4, -0.2) is 4.98 Å². The SMILES string of the molecule is Cc1cccc(C)n1.[Br-].[Br-].[Cu+2]. The Morgan fingerprint density at radius 1 is 1.00 bits per heavy atom. The van der Waals surface area contributed by atoms with Crippen molar-refractivity contribution in [3.8, 4) is 0 Å². The van der Waals surface area contributed by atoms with Crippen molar-refractivity contribution in [1.82, 2.24) is 4.98 Å². The van der Waals surface area contributed by atoms with Crippen LogP contribution in [0.4, 0.5) is 0 Å². The maximum absolute atomic E-state index is 4.17. The molecule has 0 atom stereocenters. The van der Waals surface area contributed by atoms with Crippen LogP contribution in [0.25, 0.3) is 0 Å². The number of aromatic nitrogens is 1. The van der Waals surface area contributed by atoms with Gasteiger partial charge in [-0.3, -0.25) is 4.98 Å². The van der Waals surface area contributed by atoms with E-state index in [4.69, 9.17) is 0 Å². The fourth-order valence-corrected chi connectivity index (χ4v) is 0.679. The van der Waals surface area contributed by atoms with Crippen LogP contribution >= 0.6 is 0 Å². The summed E-state index contributed by atoms with van der Waals surface area (Å²) in [6.07, 6.45) is 0. The molecule has 1 rings (SSSR count). The minimum Gasteiger partial charge on any atom is -1.00 e. The van der Waals surface area contributed by atoms with Crippen LogP contribution in [0.3, 0.4) is 0 Å². The zero-order chi connectivity index (χ0) is 5.98. The van der Waals surface area contributed by atoms with Crippen molar-refractivity contribution in [3.05, 3.63) is 29.6 Å². The van der Waals surface area contributed by atoms with Gasteiger partial charge >= 0.3 is 17.1 Å². The zero-order valence-corrected chi connectivity index (χ0v) is 10.4. The molecule has 0 aliphatic carbocycles. The van der Waals surface area contributed by atoms with E-state index in [2.05, 4.69) is 4.98 Å². The molecule has 0 saturated heterocycles. The molecule has 1 aromatic rings. The molecule has 0 N–H and O–H groups in total. The summed E-state index contributed by atoms with van der Waals surface area (Å²) in [7, 11) is 0. The van der Waals surface area contributed by atoms with Crippen LogP contribution in [0.15, 0.2) is 18.2 Å². The Kier molecular flexibility index (Phi) is 14.0. The molecule has 67 valence electrons. The Bertz CT molecular complexity index is 176. The fraction of sp³-hybridized carbons (Fsp3) is 0.286. The van der Waals surface area contributed by atoms with Gasteiger partial charge in [-0.2, -0.15) is 0 Å². The van der Waals surface area contributed by atoms with Crippen LogP contribution in [0.2, 0.25) is 0 Å². The fourth-order valence-electron chi connectivity index (χ4n) is 0.679. The number of pyridine rings is 1. The van der Waals surface area contributed by atoms with Crippen LogP contribution in [0.5, 0.6) is 0 Å². The van der Waals surface area contributed by atoms with Gasteiger partial charge in [0.15, 0.2) is 0 Å². The topological polar surface area (TPSA) is 12.9 Å². The first-order valence-electron chi connectivity index (χ1n) is 2.69. The molecule has 0 amide bonds. The summed E-state index contributed by atoms with van der Waals surface area (Å²) in [6, 6.07) is 6.00. The van der Waals surface area contributed by atoms with Crippen LogP contribution in [0.1, 0.15) is 11.4 Å². The minimum atomic E-state index is 0. The van der Waals surface area contributed by atoms with Crippen molar-refractivity contribution < 1.29 is 51.0 Å². The second-order valence-corrected chi connectivity index (χ2v) is 1.92. The maximum Gasteiger partial charge on any atom is 2.00 e. The predicted octanol–water partition coefficient (Wildman–Crippen LogP) is -4.30. The third kappa shape index (κ3) is 7.01. The summed E-state index contributed by atoms with van der Waals surface area (Å²) in [5, 5.41) is 0. The number of rotatable bonds is 0. The Morgan fingerprint density at radius 3 is 1.55 bits per heavy atom. The van der Waals surface area contributed by atoms with Crippen molar-refractivity contribution >= 4 is 0 Å². The number of hydrogen-bond acceptors (Lipinski definition) is 1. The molecule has 1 aromatic heterocycles. The van der Waals surface area contributed by atoms with Crippen molar-refractivity contribution in [2.45, 2.75) is 13.8 Å². The quantitative estimate of drug-likeness (QED) is 0.439. The van der Waals surface area contributed by atoms with Crippen molar-refractivity contribution in [2.24, 2.45) is 0 Å². The number of nitrogens with zero attached hydrogens (tertiary/aromatic N) is 1. The molecule has 0 saturated carbocycles. The summed E-state index contributed by atoms with van der Waals surface area (Å²) in [5.41, 5.74) is 2.18. The first-order valence-corrected chi connectivity index (χ1v) is 2.69. The molecule has 0 aliphatic rings. The number of aryl methyl sites for hydroxylation is 2. The average Bonchev–Trinajstić information content (AvgIpc) is 1.64. The Hall–Kier alpha value is 0.629. The molecule has 0 aliphatic heterocycles. The van der Waals surface area contributed by atoms with E-state index in [-0.39, 0.29) is 51.0 Å². The Morgan fingerprint density at radius 2 is 1.36 bits per heavy atom. The summed E-state index contributed by atoms with van der Waals surface area (Å²) in [4.78, 5) is 4.17. The van der Waals surface area contributed by atoms with E-state index < -0.39 is 0 Å². The molecule has 1 heterocycles. The minimum absolute atomic E-state index is 0. The molecule has 0 bridgehead atoms. The second-order valence-electron chi connectivity index (χ2n) is 1.92. The van der Waals surface area contributed by atoms with Gasteiger partial charge in [0.05, 0.1) is 0 Å². The summed E-state index contributed by atoms with van der Waals surface area (Å²) >= 11 is 0. The van der Waals surface area contributed by atoms with Gasteiger partial charge in [0.1, 0.15) is 0 Å². The molecule has 1 nitrogen and oxygen atoms in total. The molecule has 4 heteroatoms. The smallest absolute Gasteiger partial charge is 1.00 e. The molecular formula is C7H9Br2CuN. The summed E-state index contributed by atoms with van der Waals surface area (Å²) < 4.78 is 0. The molecule has 0 spiro atoms. The van der Waals surface area contributed by atoms with Crippen LogP contribution in [0, 0.1) is 13.8 Å². The van der Waals surface area contributed by atoms with E-state index in [9.17, 15) is 0 Å². The normalized spacial score (nSPS) is 6.73. The van der Waals surface area contributed by atoms with Crippen molar-refractivity contribution in [3.63, 3.8) is 0 Å². The van der Waals surface area contributed by atoms with E-state index in [0.29, 0.717) is 0 Å². The van der Waals surface area contributed by atoms with E-state index in [1.165, 1.54) is 0 Å². The van der Waals surface area contributed by atoms with Crippen LogP contribution in [-0.2, 0) is 17.1 Å². The summed E-state index contributed by atoms with van der Waals surface area (Å²) in [5.74, 6) is 0. The molecule has 0 unspecified atom stereocenters. The largest absolute Gasteiger partial charge is 2.00 e. The van der Waals surface area contributed by atoms with Crippen LogP contribution < -0.4 is 34.0 Å². The van der Waals surface area contributed by atoms with Gasteiger partial charge in [0, 0.05) is 11.4 Å². The monoisotopic (exact) mass is 328 g/mol. The Balaban J connectivity index is -0.000000213. The van der Waals surface area contributed by atoms with E-state index in [1.807, 2.05) is 32.0 Å². The van der Waals surface area contributed by atoms with E-state index >= 15 is 0 Å². The second kappa shape index (κ2) is 8.72. The Labute approximate surface area is 99.0 Å². The third-order valence-corrected chi connectivity index (χ3v) is 1.03. The van der Waals surface area contributed by atoms with Gasteiger partial charge in [-0.15, -0.1) is 0 Å². The van der Waals surface area contributed by atoms with Crippen molar-refractivity contribution in [2.75, 3.05) is 0 Å². The molecule has 11 heavy (non-hydrogen) atoms. The predicted molar refractivity (Wildman–Crippen MR) is 33.7 cm³/mol. The van der Waals surface area contributed by atoms with Gasteiger partial charge in [-0.25, -0.2) is 0 Å². The average molecular weight is 331 g/mol. The third-order valence-electron chi connectivity index (χ3n) is 1.03. The maximum atomic E-state index is 4.17. The molecule has 0 fully saturated rings. The van der Waals surface area contributed by atoms with Gasteiger partial charge in [0.25, 0.3) is 0 Å². The van der Waals surface area contributed by atoms with Gasteiger partial charge in [0.2, 0.25) is 0 Å². The molecule has 1 radical (unpaired) electrons. The van der Waals surface area contributed by atoms with Crippen molar-refractivity contribution in [1.29, 1.82) is 0 Å². The van der Waals surface area contributed by atoms with Gasteiger partial charge < -0.3 is 34.0 Å².